The van der Waals surface area contributed by atoms with Crippen LogP contribution >= 0.6 is 12.2 Å². The zero-order chi connectivity index (χ0) is 22.5. The van der Waals surface area contributed by atoms with E-state index in [9.17, 15) is 4.79 Å². The molecular formula is C25H25N3O3S. The highest BCUT2D eigenvalue weighted by atomic mass is 32.1. The molecule has 7 heteroatoms. The Kier molecular flexibility index (Phi) is 6.66. The van der Waals surface area contributed by atoms with Crippen molar-refractivity contribution in [3.63, 3.8) is 0 Å². The highest BCUT2D eigenvalue weighted by Crippen LogP contribution is 2.29. The summed E-state index contributed by atoms with van der Waals surface area (Å²) < 4.78 is 11.3. The Bertz CT molecular complexity index is 1190. The Hall–Kier alpha value is -3.45. The van der Waals surface area contributed by atoms with Gasteiger partial charge in [0.05, 0.1) is 18.7 Å². The first-order valence-electron chi connectivity index (χ1n) is 10.7. The van der Waals surface area contributed by atoms with Gasteiger partial charge in [0, 0.05) is 18.1 Å². The molecule has 164 valence electrons. The number of rotatable bonds is 8. The number of thiocarbonyl (C=S) groups is 1. The van der Waals surface area contributed by atoms with Crippen LogP contribution in [-0.2, 0) is 11.2 Å². The molecule has 4 rings (SSSR count). The van der Waals surface area contributed by atoms with Gasteiger partial charge in [-0.1, -0.05) is 24.3 Å². The van der Waals surface area contributed by atoms with E-state index in [0.29, 0.717) is 42.7 Å². The molecule has 1 N–H and O–H groups in total. The Morgan fingerprint density at radius 2 is 1.84 bits per heavy atom. The topological polar surface area (TPSA) is 63.7 Å². The van der Waals surface area contributed by atoms with Gasteiger partial charge >= 0.3 is 0 Å². The second-order valence-corrected chi connectivity index (χ2v) is 7.65. The number of aromatic nitrogens is 1. The highest BCUT2D eigenvalue weighted by molar-refractivity contribution is 7.80. The van der Waals surface area contributed by atoms with Gasteiger partial charge in [-0.25, -0.2) is 0 Å². The number of hydrogen-bond acceptors (Lipinski definition) is 5. The van der Waals surface area contributed by atoms with Crippen molar-refractivity contribution in [2.75, 3.05) is 19.8 Å². The molecule has 0 atom stereocenters. The SMILES string of the molecule is CCOc1ccc(CCN2C(=O)/C(=C\c3ccnc4ccccc34)NC2=S)cc1OCC. The number of para-hydroxylation sites is 1. The van der Waals surface area contributed by atoms with Crippen LogP contribution in [0.5, 0.6) is 11.5 Å². The quantitative estimate of drug-likeness (QED) is 0.410. The van der Waals surface area contributed by atoms with Gasteiger partial charge in [-0.2, -0.15) is 0 Å². The second kappa shape index (κ2) is 9.78. The molecular weight excluding hydrogens is 422 g/mol. The third kappa shape index (κ3) is 4.57. The molecule has 2 aromatic carbocycles. The summed E-state index contributed by atoms with van der Waals surface area (Å²) in [4.78, 5) is 19.0. The summed E-state index contributed by atoms with van der Waals surface area (Å²) in [7, 11) is 0. The molecule has 32 heavy (non-hydrogen) atoms. The minimum atomic E-state index is -0.133. The zero-order valence-electron chi connectivity index (χ0n) is 18.1. The summed E-state index contributed by atoms with van der Waals surface area (Å²) in [5.41, 5.74) is 3.31. The van der Waals surface area contributed by atoms with Gasteiger partial charge in [0.2, 0.25) is 0 Å². The first kappa shape index (κ1) is 21.8. The van der Waals surface area contributed by atoms with Crippen LogP contribution in [0.15, 0.2) is 60.4 Å². The Labute approximate surface area is 192 Å². The molecule has 0 aliphatic carbocycles. The predicted molar refractivity (Wildman–Crippen MR) is 130 cm³/mol. The second-order valence-electron chi connectivity index (χ2n) is 7.26. The Morgan fingerprint density at radius 3 is 2.66 bits per heavy atom. The van der Waals surface area contributed by atoms with Crippen molar-refractivity contribution in [1.29, 1.82) is 0 Å². The number of hydrogen-bond donors (Lipinski definition) is 1. The largest absolute Gasteiger partial charge is 0.490 e. The molecule has 0 unspecified atom stereocenters. The van der Waals surface area contributed by atoms with Gasteiger partial charge in [0.1, 0.15) is 5.70 Å². The van der Waals surface area contributed by atoms with Crippen molar-refractivity contribution < 1.29 is 14.3 Å². The first-order valence-corrected chi connectivity index (χ1v) is 11.1. The van der Waals surface area contributed by atoms with Crippen LogP contribution in [0.3, 0.4) is 0 Å². The van der Waals surface area contributed by atoms with Crippen LogP contribution in [0, 0.1) is 0 Å². The van der Waals surface area contributed by atoms with E-state index in [0.717, 1.165) is 27.8 Å². The lowest BCUT2D eigenvalue weighted by Crippen LogP contribution is -2.32. The Morgan fingerprint density at radius 1 is 1.06 bits per heavy atom. The number of nitrogens with zero attached hydrogens (tertiary/aromatic N) is 2. The number of amides is 1. The van der Waals surface area contributed by atoms with Crippen molar-refractivity contribution in [1.82, 2.24) is 15.2 Å². The lowest BCUT2D eigenvalue weighted by Gasteiger charge is -2.15. The van der Waals surface area contributed by atoms with Crippen LogP contribution in [0.25, 0.3) is 17.0 Å². The third-order valence-electron chi connectivity index (χ3n) is 5.18. The Balaban J connectivity index is 1.50. The molecule has 1 saturated heterocycles. The maximum absolute atomic E-state index is 13.0. The van der Waals surface area contributed by atoms with E-state index in [4.69, 9.17) is 21.7 Å². The normalized spacial score (nSPS) is 14.8. The van der Waals surface area contributed by atoms with Crippen molar-refractivity contribution in [3.8, 4) is 11.5 Å². The summed E-state index contributed by atoms with van der Waals surface area (Å²) >= 11 is 5.44. The first-order chi connectivity index (χ1) is 15.6. The molecule has 3 aromatic rings. The fraction of sp³-hybridized carbons (Fsp3) is 0.240. The van der Waals surface area contributed by atoms with Gasteiger partial charge in [0.15, 0.2) is 16.6 Å². The molecule has 1 fully saturated rings. The fourth-order valence-electron chi connectivity index (χ4n) is 3.67. The maximum atomic E-state index is 13.0. The molecule has 0 spiro atoms. The lowest BCUT2D eigenvalue weighted by atomic mass is 10.1. The van der Waals surface area contributed by atoms with E-state index in [2.05, 4.69) is 10.3 Å². The van der Waals surface area contributed by atoms with E-state index in [1.807, 2.05) is 68.5 Å². The summed E-state index contributed by atoms with van der Waals surface area (Å²) in [6, 6.07) is 15.6. The minimum absolute atomic E-state index is 0.133. The van der Waals surface area contributed by atoms with Crippen LogP contribution in [0.2, 0.25) is 0 Å². The molecule has 1 aliphatic heterocycles. The number of ether oxygens (including phenoxy) is 2. The van der Waals surface area contributed by atoms with Crippen molar-refractivity contribution >= 4 is 40.2 Å². The summed E-state index contributed by atoms with van der Waals surface area (Å²) in [6.07, 6.45) is 4.22. The smallest absolute Gasteiger partial charge is 0.276 e. The van der Waals surface area contributed by atoms with E-state index in [-0.39, 0.29) is 5.91 Å². The molecule has 1 aliphatic rings. The number of nitrogens with one attached hydrogen (secondary N) is 1. The fourth-order valence-corrected chi connectivity index (χ4v) is 3.95. The van der Waals surface area contributed by atoms with Crippen LogP contribution in [0.4, 0.5) is 0 Å². The standard InChI is InChI=1S/C25H25N3O3S/c1-3-30-22-10-9-17(15-23(22)31-4-2)12-14-28-24(29)21(27-25(28)32)16-18-11-13-26-20-8-6-5-7-19(18)20/h5-11,13,15-16H,3-4,12,14H2,1-2H3,(H,27,32)/b21-16+. The third-order valence-corrected chi connectivity index (χ3v) is 5.50. The summed E-state index contributed by atoms with van der Waals surface area (Å²) in [5.74, 6) is 1.31. The maximum Gasteiger partial charge on any atom is 0.276 e. The summed E-state index contributed by atoms with van der Waals surface area (Å²) in [5, 5.41) is 4.46. The number of carbonyl (C=O) groups excluding carboxylic acids is 1. The molecule has 0 radical (unpaired) electrons. The van der Waals surface area contributed by atoms with Crippen molar-refractivity contribution in [2.45, 2.75) is 20.3 Å². The van der Waals surface area contributed by atoms with E-state index in [1.54, 1.807) is 11.1 Å². The zero-order valence-corrected chi connectivity index (χ0v) is 18.9. The average molecular weight is 448 g/mol. The molecule has 1 aromatic heterocycles. The van der Waals surface area contributed by atoms with Gasteiger partial charge in [-0.05, 0) is 74.0 Å². The van der Waals surface area contributed by atoms with Crippen molar-refractivity contribution in [2.24, 2.45) is 0 Å². The summed E-state index contributed by atoms with van der Waals surface area (Å²) in [6.45, 7) is 5.48. The van der Waals surface area contributed by atoms with Crippen LogP contribution in [-0.4, -0.2) is 40.7 Å². The molecule has 0 saturated carbocycles. The number of benzene rings is 2. The number of pyridine rings is 1. The van der Waals surface area contributed by atoms with Gasteiger partial charge < -0.3 is 14.8 Å². The van der Waals surface area contributed by atoms with Gasteiger partial charge in [-0.3, -0.25) is 14.7 Å². The monoisotopic (exact) mass is 447 g/mol. The van der Waals surface area contributed by atoms with Crippen LogP contribution in [0.1, 0.15) is 25.0 Å². The van der Waals surface area contributed by atoms with E-state index < -0.39 is 0 Å². The van der Waals surface area contributed by atoms with E-state index in [1.165, 1.54) is 0 Å². The number of fused-ring (bicyclic) bond motifs is 1. The molecule has 1 amide bonds. The highest BCUT2D eigenvalue weighted by Gasteiger charge is 2.30. The molecule has 0 bridgehead atoms. The predicted octanol–water partition coefficient (Wildman–Crippen LogP) is 4.33. The van der Waals surface area contributed by atoms with Gasteiger partial charge in [-0.15, -0.1) is 0 Å². The molecule has 2 heterocycles. The average Bonchev–Trinajstić information content (AvgIpc) is 3.06. The van der Waals surface area contributed by atoms with E-state index >= 15 is 0 Å². The van der Waals surface area contributed by atoms with Crippen molar-refractivity contribution in [3.05, 3.63) is 71.6 Å². The van der Waals surface area contributed by atoms with Gasteiger partial charge in [0.25, 0.3) is 5.91 Å². The number of carbonyl (C=O) groups is 1. The molecule has 6 nitrogen and oxygen atoms in total. The van der Waals surface area contributed by atoms with Crippen LogP contribution < -0.4 is 14.8 Å². The lowest BCUT2D eigenvalue weighted by molar-refractivity contribution is -0.122. The minimum Gasteiger partial charge on any atom is -0.490 e.